The fourth-order valence-electron chi connectivity index (χ4n) is 1.33. The topological polar surface area (TPSA) is 60.4 Å². The largest absolute Gasteiger partial charge is 1.00 e. The molecule has 1 atom stereocenters. The zero-order valence-electron chi connectivity index (χ0n) is 7.16. The molecule has 0 aliphatic carbocycles. The van der Waals surface area contributed by atoms with Gasteiger partial charge < -0.3 is 14.8 Å². The van der Waals surface area contributed by atoms with E-state index in [1.165, 1.54) is 4.90 Å². The van der Waals surface area contributed by atoms with Crippen LogP contribution in [0.15, 0.2) is 0 Å². The van der Waals surface area contributed by atoms with Crippen molar-refractivity contribution in [1.29, 1.82) is 0 Å². The molecule has 0 bridgehead atoms. The first-order valence-electron chi connectivity index (χ1n) is 3.67. The number of carboxylic acids is 1. The van der Waals surface area contributed by atoms with Crippen LogP contribution in [0.5, 0.6) is 0 Å². The SMILES string of the molecule is O=CN1CCCCC1C(=O)[O-].[Na+]. The predicted octanol–water partition coefficient (Wildman–Crippen LogP) is -4.25. The Morgan fingerprint density at radius 3 is 2.58 bits per heavy atom. The van der Waals surface area contributed by atoms with Crippen LogP contribution in [-0.4, -0.2) is 29.9 Å². The molecular weight excluding hydrogens is 169 g/mol. The number of aliphatic carboxylic acids is 1. The van der Waals surface area contributed by atoms with Crippen LogP contribution in [0.1, 0.15) is 19.3 Å². The Balaban J connectivity index is 0.00000121. The summed E-state index contributed by atoms with van der Waals surface area (Å²) in [6.45, 7) is 0.544. The molecule has 1 rings (SSSR count). The van der Waals surface area contributed by atoms with Gasteiger partial charge in [-0.25, -0.2) is 0 Å². The van der Waals surface area contributed by atoms with E-state index in [4.69, 9.17) is 0 Å². The molecular formula is C7H10NNaO3. The number of hydrogen-bond donors (Lipinski definition) is 0. The van der Waals surface area contributed by atoms with E-state index in [0.717, 1.165) is 12.8 Å². The van der Waals surface area contributed by atoms with Crippen molar-refractivity contribution in [2.24, 2.45) is 0 Å². The van der Waals surface area contributed by atoms with Crippen molar-refractivity contribution < 1.29 is 44.3 Å². The Labute approximate surface area is 93.2 Å². The minimum atomic E-state index is -1.14. The van der Waals surface area contributed by atoms with Crippen LogP contribution in [0.4, 0.5) is 0 Å². The summed E-state index contributed by atoms with van der Waals surface area (Å²) in [7, 11) is 0. The van der Waals surface area contributed by atoms with Gasteiger partial charge in [-0.15, -0.1) is 0 Å². The first-order chi connectivity index (χ1) is 5.25. The van der Waals surface area contributed by atoms with Crippen LogP contribution in [-0.2, 0) is 9.59 Å². The molecule has 5 heteroatoms. The fraction of sp³-hybridized carbons (Fsp3) is 0.714. The smallest absolute Gasteiger partial charge is 0.548 e. The molecule has 12 heavy (non-hydrogen) atoms. The number of rotatable bonds is 2. The molecule has 0 N–H and O–H groups in total. The average Bonchev–Trinajstić information content (AvgIpc) is 2.04. The molecule has 0 aromatic heterocycles. The molecule has 0 radical (unpaired) electrons. The van der Waals surface area contributed by atoms with E-state index in [0.29, 0.717) is 19.4 Å². The summed E-state index contributed by atoms with van der Waals surface area (Å²) in [6.07, 6.45) is 2.87. The summed E-state index contributed by atoms with van der Waals surface area (Å²) in [4.78, 5) is 22.0. The molecule has 1 fully saturated rings. The summed E-state index contributed by atoms with van der Waals surface area (Å²) in [5, 5.41) is 10.4. The minimum absolute atomic E-state index is 0. The molecule has 4 nitrogen and oxygen atoms in total. The quantitative estimate of drug-likeness (QED) is 0.318. The molecule has 1 amide bonds. The summed E-state index contributed by atoms with van der Waals surface area (Å²) in [6, 6.07) is -0.693. The number of carboxylic acid groups (broad SMARTS) is 1. The van der Waals surface area contributed by atoms with E-state index < -0.39 is 12.0 Å². The van der Waals surface area contributed by atoms with Gasteiger partial charge in [-0.05, 0) is 19.3 Å². The Morgan fingerprint density at radius 1 is 1.50 bits per heavy atom. The number of likely N-dealkylation sites (tertiary alicyclic amines) is 1. The fourth-order valence-corrected chi connectivity index (χ4v) is 1.33. The van der Waals surface area contributed by atoms with Gasteiger partial charge in [-0.2, -0.15) is 0 Å². The van der Waals surface area contributed by atoms with Gasteiger partial charge >= 0.3 is 29.6 Å². The minimum Gasteiger partial charge on any atom is -0.548 e. The molecule has 1 aliphatic rings. The van der Waals surface area contributed by atoms with Crippen molar-refractivity contribution in [1.82, 2.24) is 4.90 Å². The van der Waals surface area contributed by atoms with Crippen molar-refractivity contribution in [2.75, 3.05) is 6.54 Å². The molecule has 0 saturated carbocycles. The van der Waals surface area contributed by atoms with Gasteiger partial charge in [-0.3, -0.25) is 4.79 Å². The Kier molecular flexibility index (Phi) is 5.53. The van der Waals surface area contributed by atoms with Crippen molar-refractivity contribution in [3.8, 4) is 0 Å². The maximum Gasteiger partial charge on any atom is 1.00 e. The summed E-state index contributed by atoms with van der Waals surface area (Å²) >= 11 is 0. The molecule has 1 unspecified atom stereocenters. The second kappa shape index (κ2) is 5.56. The van der Waals surface area contributed by atoms with E-state index in [-0.39, 0.29) is 29.6 Å². The molecule has 1 heterocycles. The number of hydrogen-bond acceptors (Lipinski definition) is 3. The maximum absolute atomic E-state index is 10.4. The van der Waals surface area contributed by atoms with Gasteiger partial charge in [-0.1, -0.05) is 0 Å². The molecule has 0 spiro atoms. The van der Waals surface area contributed by atoms with Crippen LogP contribution < -0.4 is 34.7 Å². The van der Waals surface area contributed by atoms with E-state index in [1.807, 2.05) is 0 Å². The van der Waals surface area contributed by atoms with Crippen LogP contribution in [0, 0.1) is 0 Å². The normalized spacial score (nSPS) is 22.7. The van der Waals surface area contributed by atoms with Crippen molar-refractivity contribution in [2.45, 2.75) is 25.3 Å². The maximum atomic E-state index is 10.4. The van der Waals surface area contributed by atoms with Gasteiger partial charge in [0.15, 0.2) is 0 Å². The summed E-state index contributed by atoms with van der Waals surface area (Å²) in [5.41, 5.74) is 0. The number of carbonyl (C=O) groups is 2. The van der Waals surface area contributed by atoms with Gasteiger partial charge in [0.25, 0.3) is 0 Å². The first kappa shape index (κ1) is 11.9. The van der Waals surface area contributed by atoms with Crippen LogP contribution in [0.25, 0.3) is 0 Å². The number of amides is 1. The van der Waals surface area contributed by atoms with E-state index in [9.17, 15) is 14.7 Å². The number of piperidine rings is 1. The molecule has 1 saturated heterocycles. The van der Waals surface area contributed by atoms with Gasteiger partial charge in [0.05, 0.1) is 12.0 Å². The first-order valence-corrected chi connectivity index (χ1v) is 3.67. The predicted molar refractivity (Wildman–Crippen MR) is 35.4 cm³/mol. The van der Waals surface area contributed by atoms with E-state index >= 15 is 0 Å². The second-order valence-corrected chi connectivity index (χ2v) is 2.67. The van der Waals surface area contributed by atoms with E-state index in [2.05, 4.69) is 0 Å². The average molecular weight is 179 g/mol. The zero-order chi connectivity index (χ0) is 8.27. The summed E-state index contributed by atoms with van der Waals surface area (Å²) in [5.74, 6) is -1.14. The van der Waals surface area contributed by atoms with E-state index in [1.54, 1.807) is 0 Å². The Morgan fingerprint density at radius 2 is 2.17 bits per heavy atom. The van der Waals surface area contributed by atoms with Gasteiger partial charge in [0.2, 0.25) is 6.41 Å². The number of nitrogens with zero attached hydrogens (tertiary/aromatic N) is 1. The second-order valence-electron chi connectivity index (χ2n) is 2.67. The third-order valence-electron chi connectivity index (χ3n) is 1.95. The Hall–Kier alpha value is -0.0600. The molecule has 1 aliphatic heterocycles. The Bertz CT molecular complexity index is 174. The number of carbonyl (C=O) groups excluding carboxylic acids is 2. The van der Waals surface area contributed by atoms with Crippen molar-refractivity contribution in [3.05, 3.63) is 0 Å². The standard InChI is InChI=1S/C7H11NO3.Na/c9-5-8-4-2-1-3-6(8)7(10)11;/h5-6H,1-4H2,(H,10,11);/q;+1/p-1. The van der Waals surface area contributed by atoms with Crippen molar-refractivity contribution >= 4 is 12.4 Å². The monoisotopic (exact) mass is 179 g/mol. The zero-order valence-corrected chi connectivity index (χ0v) is 9.16. The molecule has 62 valence electrons. The van der Waals surface area contributed by atoms with Crippen molar-refractivity contribution in [3.63, 3.8) is 0 Å². The third-order valence-corrected chi connectivity index (χ3v) is 1.95. The van der Waals surface area contributed by atoms with Crippen LogP contribution >= 0.6 is 0 Å². The van der Waals surface area contributed by atoms with Crippen LogP contribution in [0.3, 0.4) is 0 Å². The molecule has 0 aromatic rings. The van der Waals surface area contributed by atoms with Crippen LogP contribution in [0.2, 0.25) is 0 Å². The summed E-state index contributed by atoms with van der Waals surface area (Å²) < 4.78 is 0. The van der Waals surface area contributed by atoms with Gasteiger partial charge in [0.1, 0.15) is 0 Å². The van der Waals surface area contributed by atoms with Gasteiger partial charge in [0, 0.05) is 6.54 Å². The third kappa shape index (κ3) is 2.77. The molecule has 0 aromatic carbocycles.